The molecule has 0 spiro atoms. The Kier molecular flexibility index (Phi) is 16.0. The molecule has 2 aromatic rings. The highest BCUT2D eigenvalue weighted by atomic mass is 79.9. The Balaban J connectivity index is 1.98. The lowest BCUT2D eigenvalue weighted by molar-refractivity contribution is 0.0690. The number of carbonyl (C=O) groups is 1. The van der Waals surface area contributed by atoms with Gasteiger partial charge >= 0.3 is 6.09 Å². The Morgan fingerprint density at radius 2 is 1.23 bits per heavy atom. The van der Waals surface area contributed by atoms with Crippen molar-refractivity contribution in [3.8, 4) is 23.0 Å². The summed E-state index contributed by atoms with van der Waals surface area (Å²) in [4.78, 5) is 12.0. The van der Waals surface area contributed by atoms with Crippen LogP contribution in [0.25, 0.3) is 0 Å². The molecule has 6 atom stereocenters. The van der Waals surface area contributed by atoms with Gasteiger partial charge in [-0.1, -0.05) is 97.6 Å². The topological polar surface area (TPSA) is 153 Å². The first kappa shape index (κ1) is 39.3. The number of alkyl halides is 2. The van der Waals surface area contributed by atoms with Crippen LogP contribution < -0.4 is 5.73 Å². The van der Waals surface area contributed by atoms with Crippen LogP contribution in [0, 0.1) is 11.8 Å². The van der Waals surface area contributed by atoms with Crippen molar-refractivity contribution in [1.82, 2.24) is 0 Å². The molecule has 4 bridgehead atoms. The van der Waals surface area contributed by atoms with Crippen molar-refractivity contribution < 1.29 is 35.1 Å². The van der Waals surface area contributed by atoms with E-state index in [9.17, 15) is 30.3 Å². The van der Waals surface area contributed by atoms with Crippen LogP contribution in [0.3, 0.4) is 0 Å². The minimum absolute atomic E-state index is 0.00279. The van der Waals surface area contributed by atoms with E-state index in [0.29, 0.717) is 28.7 Å². The third kappa shape index (κ3) is 11.5. The smallest absolute Gasteiger partial charge is 0.405 e. The third-order valence-corrected chi connectivity index (χ3v) is 10.8. The molecule has 2 aromatic carbocycles. The van der Waals surface area contributed by atoms with Crippen LogP contribution >= 0.6 is 31.9 Å². The van der Waals surface area contributed by atoms with E-state index in [1.807, 2.05) is 13.8 Å². The van der Waals surface area contributed by atoms with Crippen LogP contribution in [-0.2, 0) is 4.74 Å². The third-order valence-electron chi connectivity index (χ3n) is 9.91. The minimum Gasteiger partial charge on any atom is -0.508 e. The largest absolute Gasteiger partial charge is 0.508 e. The molecule has 4 aliphatic carbocycles. The van der Waals surface area contributed by atoms with E-state index in [-0.39, 0.29) is 50.4 Å². The van der Waals surface area contributed by atoms with E-state index < -0.39 is 18.3 Å². The van der Waals surface area contributed by atoms with Crippen molar-refractivity contribution in [2.75, 3.05) is 0 Å². The molecule has 1 amide bonds. The van der Waals surface area contributed by atoms with E-state index in [1.165, 1.54) is 0 Å². The zero-order valence-electron chi connectivity index (χ0n) is 28.1. The van der Waals surface area contributed by atoms with Crippen molar-refractivity contribution in [3.63, 3.8) is 0 Å². The van der Waals surface area contributed by atoms with Gasteiger partial charge in [0.05, 0.1) is 9.84 Å². The molecule has 47 heavy (non-hydrogen) atoms. The summed E-state index contributed by atoms with van der Waals surface area (Å²) in [6, 6.07) is 6.43. The van der Waals surface area contributed by atoms with Gasteiger partial charge in [-0.3, -0.25) is 0 Å². The first-order chi connectivity index (χ1) is 22.3. The highest BCUT2D eigenvalue weighted by molar-refractivity contribution is 9.24. The second-order valence-corrected chi connectivity index (χ2v) is 17.1. The number of unbranched alkanes of at least 4 members (excludes halogenated alkanes) is 1. The maximum absolute atomic E-state index is 12.0. The van der Waals surface area contributed by atoms with Gasteiger partial charge < -0.3 is 36.0 Å². The molecular weight excluding hydrogens is 730 g/mol. The lowest BCUT2D eigenvalue weighted by atomic mass is 9.83. The zero-order chi connectivity index (χ0) is 34.7. The maximum Gasteiger partial charge on any atom is 0.405 e. The molecule has 0 aliphatic heterocycles. The van der Waals surface area contributed by atoms with Gasteiger partial charge in [0.1, 0.15) is 29.1 Å². The van der Waals surface area contributed by atoms with Gasteiger partial charge in [0.15, 0.2) is 0 Å². The number of aliphatic hydroxyl groups excluding tert-OH is 1. The number of carbonyl (C=O) groups excluding carboxylic acids is 1. The van der Waals surface area contributed by atoms with Crippen LogP contribution in [0.2, 0.25) is 0 Å². The van der Waals surface area contributed by atoms with Crippen LogP contribution in [0.5, 0.6) is 23.0 Å². The van der Waals surface area contributed by atoms with Gasteiger partial charge in [-0.05, 0) is 98.4 Å². The number of rotatable bonds is 8. The van der Waals surface area contributed by atoms with Crippen molar-refractivity contribution in [2.45, 2.75) is 138 Å². The number of phenols is 4. The van der Waals surface area contributed by atoms with Crippen LogP contribution in [0.4, 0.5) is 4.79 Å². The van der Waals surface area contributed by atoms with Gasteiger partial charge in [0.25, 0.3) is 0 Å². The van der Waals surface area contributed by atoms with Crippen LogP contribution in [0.15, 0.2) is 24.3 Å². The monoisotopic (exact) mass is 783 g/mol. The number of aromatic hydroxyl groups is 4. The predicted molar refractivity (Wildman–Crippen MR) is 194 cm³/mol. The van der Waals surface area contributed by atoms with E-state index >= 15 is 0 Å². The summed E-state index contributed by atoms with van der Waals surface area (Å²) in [5, 5.41) is 56.1. The van der Waals surface area contributed by atoms with Gasteiger partial charge in [-0.15, -0.1) is 0 Å². The molecular formula is C37H55Br2NO7. The average Bonchev–Trinajstić information content (AvgIpc) is 2.99. The number of benzene rings is 2. The summed E-state index contributed by atoms with van der Waals surface area (Å²) in [5.74, 6) is -0.401. The highest BCUT2D eigenvalue weighted by Crippen LogP contribution is 2.45. The summed E-state index contributed by atoms with van der Waals surface area (Å²) in [6.07, 6.45) is 8.87. The Morgan fingerprint density at radius 1 is 0.787 bits per heavy atom. The lowest BCUT2D eigenvalue weighted by Crippen LogP contribution is -2.22. The number of hydrogen-bond acceptors (Lipinski definition) is 7. The van der Waals surface area contributed by atoms with Crippen molar-refractivity contribution in [1.29, 1.82) is 0 Å². The molecule has 0 aromatic heterocycles. The highest BCUT2D eigenvalue weighted by Gasteiger charge is 2.29. The van der Waals surface area contributed by atoms with Crippen molar-refractivity contribution >= 4 is 38.0 Å². The minimum atomic E-state index is -0.919. The van der Waals surface area contributed by atoms with Crippen molar-refractivity contribution in [3.05, 3.63) is 46.5 Å². The van der Waals surface area contributed by atoms with Crippen molar-refractivity contribution in [2.24, 2.45) is 17.6 Å². The molecule has 10 heteroatoms. The molecule has 0 saturated carbocycles. The number of aliphatic hydroxyl groups is 1. The zero-order valence-corrected chi connectivity index (χ0v) is 31.3. The summed E-state index contributed by atoms with van der Waals surface area (Å²) in [6.45, 7) is 6.05. The number of halogens is 2. The predicted octanol–water partition coefficient (Wildman–Crippen LogP) is 10.4. The summed E-state index contributed by atoms with van der Waals surface area (Å²) in [7, 11) is 0. The summed E-state index contributed by atoms with van der Waals surface area (Å²) < 4.78 is 5.74. The quantitative estimate of drug-likeness (QED) is 0.146. The van der Waals surface area contributed by atoms with Gasteiger partial charge in [-0.25, -0.2) is 4.79 Å². The SMILES string of the molecule is CCCCC1CCCCC(C)C(O)c2cc(O)c(c(O)c2)C(CCCC(Br)Br)CCCCC(C)C(OC(N)=O)c2cc(O)c1c(O)c2. The number of amides is 1. The molecule has 7 N–H and O–H groups in total. The Labute approximate surface area is 297 Å². The van der Waals surface area contributed by atoms with Gasteiger partial charge in [-0.2, -0.15) is 0 Å². The molecule has 0 saturated heterocycles. The number of phenolic OH excluding ortho intramolecular Hbond substituents is 4. The summed E-state index contributed by atoms with van der Waals surface area (Å²) in [5.41, 5.74) is 7.52. The Morgan fingerprint density at radius 3 is 1.70 bits per heavy atom. The first-order valence-corrected chi connectivity index (χ1v) is 19.2. The Hall–Kier alpha value is -2.17. The second kappa shape index (κ2) is 19.1. The lowest BCUT2D eigenvalue weighted by Gasteiger charge is -2.27. The van der Waals surface area contributed by atoms with Gasteiger partial charge in [0.2, 0.25) is 0 Å². The molecule has 0 heterocycles. The van der Waals surface area contributed by atoms with E-state index in [4.69, 9.17) is 10.5 Å². The average molecular weight is 786 g/mol. The van der Waals surface area contributed by atoms with Crippen LogP contribution in [0.1, 0.15) is 157 Å². The molecule has 6 rings (SSSR count). The molecule has 6 unspecified atom stereocenters. The molecule has 4 aliphatic rings. The molecule has 8 nitrogen and oxygen atoms in total. The number of ether oxygens (including phenoxy) is 1. The number of primary amides is 1. The molecule has 264 valence electrons. The molecule has 0 fully saturated rings. The molecule has 0 radical (unpaired) electrons. The fraction of sp³-hybridized carbons (Fsp3) is 0.649. The van der Waals surface area contributed by atoms with E-state index in [0.717, 1.165) is 83.5 Å². The number of nitrogens with two attached hydrogens (primary N) is 1. The second-order valence-electron chi connectivity index (χ2n) is 13.6. The fourth-order valence-electron chi connectivity index (χ4n) is 7.28. The fourth-order valence-corrected chi connectivity index (χ4v) is 7.93. The van der Waals surface area contributed by atoms with Crippen LogP contribution in [-0.4, -0.2) is 35.4 Å². The summed E-state index contributed by atoms with van der Waals surface area (Å²) >= 11 is 7.08. The normalized spacial score (nSPS) is 24.9. The van der Waals surface area contributed by atoms with E-state index in [2.05, 4.69) is 38.8 Å². The first-order valence-electron chi connectivity index (χ1n) is 17.4. The Bertz CT molecular complexity index is 1240. The maximum atomic E-state index is 12.0. The standard InChI is InChI=1S/C37H55Br2NO7/c1-4-5-13-24-14-8-6-11-22(2)35(45)26-18-28(41)34(29(42)19-26)25(16-10-17-32(38)39)15-9-7-12-23(3)36(47-37(40)46)27-20-30(43)33(24)31(44)21-27/h18-25,32,35-36,41-45H,4-17H2,1-3H3,(H2,40,46). The van der Waals surface area contributed by atoms with Gasteiger partial charge in [0, 0.05) is 16.7 Å². The number of hydrogen-bond donors (Lipinski definition) is 6. The van der Waals surface area contributed by atoms with E-state index in [1.54, 1.807) is 24.3 Å².